The Morgan fingerprint density at radius 3 is 2.80 bits per heavy atom. The Balaban J connectivity index is 2.88. The molecule has 0 aliphatic heterocycles. The Bertz CT molecular complexity index is 569. The minimum Gasteiger partial charge on any atom is -0.301 e. The van der Waals surface area contributed by atoms with Gasteiger partial charge in [0.25, 0.3) is 5.56 Å². The highest BCUT2D eigenvalue weighted by Gasteiger charge is 2.04. The van der Waals surface area contributed by atoms with Crippen molar-refractivity contribution in [3.63, 3.8) is 0 Å². The van der Waals surface area contributed by atoms with Gasteiger partial charge in [0.15, 0.2) is 0 Å². The summed E-state index contributed by atoms with van der Waals surface area (Å²) in [6.45, 7) is 1.87. The first-order valence-corrected chi connectivity index (χ1v) is 4.77. The van der Waals surface area contributed by atoms with E-state index >= 15 is 0 Å². The van der Waals surface area contributed by atoms with Crippen LogP contribution in [0.2, 0.25) is 0 Å². The van der Waals surface area contributed by atoms with Crippen LogP contribution >= 0.6 is 0 Å². The molecule has 0 bridgehead atoms. The number of pyridine rings is 1. The molecule has 0 fully saturated rings. The van der Waals surface area contributed by atoms with Crippen LogP contribution in [0.15, 0.2) is 35.1 Å². The molecule has 1 aromatic carbocycles. The average molecular weight is 201 g/mol. The molecule has 0 amide bonds. The summed E-state index contributed by atoms with van der Waals surface area (Å²) in [5, 5.41) is 0.983. The lowest BCUT2D eigenvalue weighted by Gasteiger charge is -2.07. The van der Waals surface area contributed by atoms with Crippen molar-refractivity contribution in [2.75, 3.05) is 0 Å². The van der Waals surface area contributed by atoms with Crippen molar-refractivity contribution >= 4 is 17.2 Å². The van der Waals surface area contributed by atoms with Crippen LogP contribution in [0.5, 0.6) is 0 Å². The summed E-state index contributed by atoms with van der Waals surface area (Å²) >= 11 is 0. The van der Waals surface area contributed by atoms with E-state index in [0.29, 0.717) is 5.56 Å². The fourth-order valence-electron chi connectivity index (χ4n) is 1.73. The molecule has 2 rings (SSSR count). The first kappa shape index (κ1) is 9.65. The number of carbonyl (C=O) groups is 1. The van der Waals surface area contributed by atoms with Gasteiger partial charge in [-0.25, -0.2) is 0 Å². The number of rotatable bonds is 2. The number of para-hydroxylation sites is 1. The van der Waals surface area contributed by atoms with E-state index in [1.54, 1.807) is 6.92 Å². The molecule has 3 nitrogen and oxygen atoms in total. The van der Waals surface area contributed by atoms with E-state index < -0.39 is 0 Å². The summed E-state index contributed by atoms with van der Waals surface area (Å²) in [6, 6.07) is 9.40. The number of aromatic nitrogens is 1. The largest absolute Gasteiger partial charge is 0.301 e. The van der Waals surface area contributed by atoms with Gasteiger partial charge in [-0.3, -0.25) is 4.79 Å². The van der Waals surface area contributed by atoms with Gasteiger partial charge in [-0.05, 0) is 24.4 Å². The van der Waals surface area contributed by atoms with Gasteiger partial charge >= 0.3 is 0 Å². The van der Waals surface area contributed by atoms with Crippen molar-refractivity contribution in [3.05, 3.63) is 46.2 Å². The Morgan fingerprint density at radius 2 is 2.07 bits per heavy atom. The van der Waals surface area contributed by atoms with Gasteiger partial charge in [-0.15, -0.1) is 0 Å². The quantitative estimate of drug-likeness (QED) is 0.691. The van der Waals surface area contributed by atoms with Crippen LogP contribution in [0.25, 0.3) is 10.9 Å². The number of fused-ring (bicyclic) bond motifs is 1. The first-order chi connectivity index (χ1) is 7.24. The number of benzene rings is 1. The average Bonchev–Trinajstić information content (AvgIpc) is 2.25. The van der Waals surface area contributed by atoms with Crippen molar-refractivity contribution in [1.29, 1.82) is 0 Å². The van der Waals surface area contributed by atoms with Gasteiger partial charge < -0.3 is 9.36 Å². The van der Waals surface area contributed by atoms with E-state index in [9.17, 15) is 9.59 Å². The van der Waals surface area contributed by atoms with Crippen molar-refractivity contribution in [2.45, 2.75) is 13.5 Å². The van der Waals surface area contributed by atoms with E-state index in [-0.39, 0.29) is 12.1 Å². The summed E-state index contributed by atoms with van der Waals surface area (Å²) in [7, 11) is 0. The Morgan fingerprint density at radius 1 is 1.33 bits per heavy atom. The Kier molecular flexibility index (Phi) is 2.37. The Labute approximate surface area is 87.0 Å². The maximum absolute atomic E-state index is 11.8. The van der Waals surface area contributed by atoms with E-state index in [0.717, 1.165) is 17.2 Å². The summed E-state index contributed by atoms with van der Waals surface area (Å²) in [5.74, 6) is 0. The summed E-state index contributed by atoms with van der Waals surface area (Å²) in [6.07, 6.45) is 0.743. The maximum Gasteiger partial charge on any atom is 0.254 e. The molecule has 3 heteroatoms. The third kappa shape index (κ3) is 1.56. The fourth-order valence-corrected chi connectivity index (χ4v) is 1.73. The SMILES string of the molecule is Cc1cc2ccccc2n(CC=O)c1=O. The van der Waals surface area contributed by atoms with E-state index in [4.69, 9.17) is 0 Å². The topological polar surface area (TPSA) is 39.1 Å². The molecule has 0 unspecified atom stereocenters. The third-order valence-corrected chi connectivity index (χ3v) is 2.44. The summed E-state index contributed by atoms with van der Waals surface area (Å²) in [5.41, 5.74) is 1.37. The van der Waals surface area contributed by atoms with Crippen LogP contribution in [-0.4, -0.2) is 10.9 Å². The first-order valence-electron chi connectivity index (χ1n) is 4.77. The second kappa shape index (κ2) is 3.69. The highest BCUT2D eigenvalue weighted by Crippen LogP contribution is 2.12. The predicted molar refractivity (Wildman–Crippen MR) is 59.0 cm³/mol. The van der Waals surface area contributed by atoms with Crippen LogP contribution in [0.4, 0.5) is 0 Å². The van der Waals surface area contributed by atoms with Gasteiger partial charge in [-0.2, -0.15) is 0 Å². The molecular formula is C12H11NO2. The van der Waals surface area contributed by atoms with E-state index in [1.807, 2.05) is 30.3 Å². The number of aryl methyl sites for hydroxylation is 1. The molecule has 0 atom stereocenters. The number of nitrogens with zero attached hydrogens (tertiary/aromatic N) is 1. The standard InChI is InChI=1S/C12H11NO2/c1-9-8-10-4-2-3-5-11(10)13(6-7-14)12(9)15/h2-5,7-8H,6H2,1H3. The lowest BCUT2D eigenvalue weighted by molar-refractivity contribution is -0.108. The molecule has 15 heavy (non-hydrogen) atoms. The molecule has 0 radical (unpaired) electrons. The van der Waals surface area contributed by atoms with E-state index in [1.165, 1.54) is 4.57 Å². The second-order valence-electron chi connectivity index (χ2n) is 3.47. The third-order valence-electron chi connectivity index (χ3n) is 2.44. The van der Waals surface area contributed by atoms with Crippen LogP contribution in [0.1, 0.15) is 5.56 Å². The molecule has 1 aromatic heterocycles. The minimum absolute atomic E-state index is 0.0965. The van der Waals surface area contributed by atoms with Crippen molar-refractivity contribution in [2.24, 2.45) is 0 Å². The molecule has 0 N–H and O–H groups in total. The molecule has 0 saturated carbocycles. The lowest BCUT2D eigenvalue weighted by Crippen LogP contribution is -2.23. The minimum atomic E-state index is -0.0965. The smallest absolute Gasteiger partial charge is 0.254 e. The zero-order valence-corrected chi connectivity index (χ0v) is 8.43. The van der Waals surface area contributed by atoms with Crippen molar-refractivity contribution in [1.82, 2.24) is 4.57 Å². The molecule has 0 aliphatic carbocycles. The van der Waals surface area contributed by atoms with Gasteiger partial charge in [0.05, 0.1) is 12.1 Å². The molecule has 76 valence electrons. The summed E-state index contributed by atoms with van der Waals surface area (Å²) < 4.78 is 1.50. The second-order valence-corrected chi connectivity index (χ2v) is 3.47. The zero-order chi connectivity index (χ0) is 10.8. The van der Waals surface area contributed by atoms with Gasteiger partial charge in [0.2, 0.25) is 0 Å². The number of carbonyl (C=O) groups excluding carboxylic acids is 1. The van der Waals surface area contributed by atoms with Crippen molar-refractivity contribution < 1.29 is 4.79 Å². The van der Waals surface area contributed by atoms with Crippen LogP contribution in [0, 0.1) is 6.92 Å². The monoisotopic (exact) mass is 201 g/mol. The van der Waals surface area contributed by atoms with Crippen LogP contribution < -0.4 is 5.56 Å². The van der Waals surface area contributed by atoms with E-state index in [2.05, 4.69) is 0 Å². The van der Waals surface area contributed by atoms with Crippen LogP contribution in [0.3, 0.4) is 0 Å². The van der Waals surface area contributed by atoms with Gasteiger partial charge in [0.1, 0.15) is 6.29 Å². The molecule has 2 aromatic rings. The fraction of sp³-hybridized carbons (Fsp3) is 0.167. The highest BCUT2D eigenvalue weighted by molar-refractivity contribution is 5.80. The van der Waals surface area contributed by atoms with Crippen LogP contribution in [-0.2, 0) is 11.3 Å². The molecule has 0 aliphatic rings. The lowest BCUT2D eigenvalue weighted by atomic mass is 10.1. The van der Waals surface area contributed by atoms with Gasteiger partial charge in [0, 0.05) is 5.56 Å². The number of hydrogen-bond acceptors (Lipinski definition) is 2. The normalized spacial score (nSPS) is 10.5. The molecular weight excluding hydrogens is 190 g/mol. The molecule has 0 spiro atoms. The van der Waals surface area contributed by atoms with Crippen molar-refractivity contribution in [3.8, 4) is 0 Å². The molecule has 1 heterocycles. The zero-order valence-electron chi connectivity index (χ0n) is 8.43. The Hall–Kier alpha value is -1.90. The molecule has 0 saturated heterocycles. The number of hydrogen-bond donors (Lipinski definition) is 0. The highest BCUT2D eigenvalue weighted by atomic mass is 16.1. The number of aldehydes is 1. The van der Waals surface area contributed by atoms with Gasteiger partial charge in [-0.1, -0.05) is 18.2 Å². The summed E-state index contributed by atoms with van der Waals surface area (Å²) in [4.78, 5) is 22.3. The maximum atomic E-state index is 11.8. The predicted octanol–water partition coefficient (Wildman–Crippen LogP) is 1.51.